The Morgan fingerprint density at radius 1 is 1.43 bits per heavy atom. The van der Waals surface area contributed by atoms with Crippen LogP contribution in [0.4, 0.5) is 9.18 Å². The Morgan fingerprint density at radius 2 is 2.10 bits per heavy atom. The third-order valence-corrected chi connectivity index (χ3v) is 4.96. The number of halogens is 1. The molecule has 0 aromatic rings. The highest BCUT2D eigenvalue weighted by Gasteiger charge is 2.33. The van der Waals surface area contributed by atoms with E-state index in [1.807, 2.05) is 38.8 Å². The molecule has 0 saturated carbocycles. The van der Waals surface area contributed by atoms with E-state index < -0.39 is 11.4 Å². The van der Waals surface area contributed by atoms with Crippen LogP contribution in [0.15, 0.2) is 44.3 Å². The summed E-state index contributed by atoms with van der Waals surface area (Å²) in [6, 6.07) is 0.0343. The van der Waals surface area contributed by atoms with Gasteiger partial charge in [0.15, 0.2) is 0 Å². The van der Waals surface area contributed by atoms with Crippen LogP contribution in [0.5, 0.6) is 0 Å². The number of amides is 1. The molecular weight excluding hydrogens is 386 g/mol. The number of likely N-dealkylation sites (N-methyl/N-ethyl adjacent to an activating group) is 1. The van der Waals surface area contributed by atoms with E-state index in [2.05, 4.69) is 16.7 Å². The van der Waals surface area contributed by atoms with Crippen molar-refractivity contribution in [1.82, 2.24) is 9.80 Å². The van der Waals surface area contributed by atoms with Crippen LogP contribution in [0.3, 0.4) is 0 Å². The highest BCUT2D eigenvalue weighted by Crippen LogP contribution is 2.32. The molecule has 2 aliphatic rings. The molecule has 162 valence electrons. The minimum atomic E-state index is -0.560. The van der Waals surface area contributed by atoms with Crippen molar-refractivity contribution in [3.8, 4) is 0 Å². The van der Waals surface area contributed by atoms with Gasteiger partial charge in [-0.1, -0.05) is 17.1 Å². The van der Waals surface area contributed by atoms with Crippen LogP contribution >= 0.6 is 0 Å². The molecule has 9 heteroatoms. The first-order valence-electron chi connectivity index (χ1n) is 9.83. The van der Waals surface area contributed by atoms with E-state index in [-0.39, 0.29) is 30.1 Å². The molecule has 1 heterocycles. The average Bonchev–Trinajstić information content (AvgIpc) is 3.15. The van der Waals surface area contributed by atoms with Crippen LogP contribution in [0.1, 0.15) is 40.5 Å². The summed E-state index contributed by atoms with van der Waals surface area (Å²) in [7, 11) is 9.09. The Balaban J connectivity index is 2.33. The number of methoxy groups -OCH3 is 1. The van der Waals surface area contributed by atoms with Gasteiger partial charge in [-0.2, -0.15) is 4.99 Å². The number of amidine groups is 1. The highest BCUT2D eigenvalue weighted by molar-refractivity contribution is 6.24. The van der Waals surface area contributed by atoms with E-state index >= 15 is 0 Å². The van der Waals surface area contributed by atoms with Gasteiger partial charge in [-0.25, -0.2) is 14.2 Å². The van der Waals surface area contributed by atoms with Gasteiger partial charge in [-0.15, -0.1) is 0 Å². The van der Waals surface area contributed by atoms with Crippen molar-refractivity contribution in [3.63, 3.8) is 0 Å². The number of aliphatic imine (C=N–C) groups is 2. The molecule has 0 bridgehead atoms. The van der Waals surface area contributed by atoms with Crippen LogP contribution in [-0.2, 0) is 9.47 Å². The predicted molar refractivity (Wildman–Crippen MR) is 117 cm³/mol. The van der Waals surface area contributed by atoms with Gasteiger partial charge in [-0.05, 0) is 40.8 Å². The van der Waals surface area contributed by atoms with Crippen molar-refractivity contribution in [2.45, 2.75) is 52.2 Å². The van der Waals surface area contributed by atoms with Gasteiger partial charge in [-0.3, -0.25) is 0 Å². The molecule has 1 aliphatic carbocycles. The van der Waals surface area contributed by atoms with Gasteiger partial charge in [0.05, 0.1) is 12.9 Å². The number of allylic oxidation sites excluding steroid dienone is 5. The van der Waals surface area contributed by atoms with Crippen molar-refractivity contribution in [3.05, 3.63) is 34.3 Å². The smallest absolute Gasteiger partial charge is 0.410 e. The summed E-state index contributed by atoms with van der Waals surface area (Å²) in [5.74, 6) is 0.0933. The molecule has 0 aromatic heterocycles. The highest BCUT2D eigenvalue weighted by atomic mass is 19.1. The van der Waals surface area contributed by atoms with Crippen molar-refractivity contribution in [1.29, 1.82) is 0 Å². The Labute approximate surface area is 179 Å². The number of hydrogen-bond donors (Lipinski definition) is 0. The first kappa shape index (κ1) is 23.7. The zero-order chi connectivity index (χ0) is 22.6. The van der Waals surface area contributed by atoms with Gasteiger partial charge >= 0.3 is 12.1 Å². The molecule has 30 heavy (non-hydrogen) atoms. The van der Waals surface area contributed by atoms with Gasteiger partial charge in [0, 0.05) is 38.2 Å². The lowest BCUT2D eigenvalue weighted by Gasteiger charge is -2.30. The van der Waals surface area contributed by atoms with Gasteiger partial charge in [0.25, 0.3) is 0 Å². The van der Waals surface area contributed by atoms with E-state index in [0.29, 0.717) is 30.1 Å². The maximum atomic E-state index is 14.4. The fourth-order valence-electron chi connectivity index (χ4n) is 3.35. The minimum Gasteiger partial charge on any atom is -0.467 e. The third-order valence-electron chi connectivity index (χ3n) is 4.96. The monoisotopic (exact) mass is 416 g/mol. The summed E-state index contributed by atoms with van der Waals surface area (Å²) in [5.41, 5.74) is 0.865. The number of likely N-dealkylation sites (tertiary alicyclic amines) is 1. The first-order chi connectivity index (χ1) is 14.0. The van der Waals surface area contributed by atoms with E-state index in [0.717, 1.165) is 6.42 Å². The van der Waals surface area contributed by atoms with E-state index in [1.54, 1.807) is 11.8 Å². The van der Waals surface area contributed by atoms with Crippen LogP contribution in [-0.4, -0.2) is 75.4 Å². The average molecular weight is 416 g/mol. The maximum absolute atomic E-state index is 14.4. The summed E-state index contributed by atoms with van der Waals surface area (Å²) in [4.78, 5) is 24.2. The third kappa shape index (κ3) is 5.74. The quantitative estimate of drug-likeness (QED) is 0.401. The fraction of sp³-hybridized carbons (Fsp3) is 0.571. The lowest BCUT2D eigenvalue weighted by atomic mass is 9.82. The first-order valence-corrected chi connectivity index (χ1v) is 9.83. The molecule has 2 rings (SSSR count). The lowest BCUT2D eigenvalue weighted by Crippen LogP contribution is -2.39. The Hall–Kier alpha value is -2.58. The van der Waals surface area contributed by atoms with Gasteiger partial charge in [0.1, 0.15) is 19.3 Å². The van der Waals surface area contributed by atoms with E-state index in [1.165, 1.54) is 7.11 Å². The summed E-state index contributed by atoms with van der Waals surface area (Å²) < 4.78 is 25.0. The van der Waals surface area contributed by atoms with Crippen molar-refractivity contribution < 1.29 is 18.7 Å². The van der Waals surface area contributed by atoms with Crippen molar-refractivity contribution >= 4 is 26.7 Å². The standard InChI is InChI=1S/C21H30BFN4O3/c1-13-10-14(11-16(23)17(13)22)18(25-19(24-5)29-7)26(6)15-8-9-27(12-15)20(28)30-21(2,3)4/h10,15H,5,8-9,11-12H2,1-4,6-7H3/b18-14+,25-19+. The lowest BCUT2D eigenvalue weighted by molar-refractivity contribution is 0.0285. The second-order valence-corrected chi connectivity index (χ2v) is 8.41. The molecule has 1 saturated heterocycles. The molecule has 7 nitrogen and oxygen atoms in total. The maximum Gasteiger partial charge on any atom is 0.410 e. The molecule has 1 aliphatic heterocycles. The molecule has 0 spiro atoms. The Morgan fingerprint density at radius 3 is 2.63 bits per heavy atom. The van der Waals surface area contributed by atoms with Crippen molar-refractivity contribution in [2.24, 2.45) is 9.98 Å². The van der Waals surface area contributed by atoms with Crippen LogP contribution in [0.2, 0.25) is 0 Å². The summed E-state index contributed by atoms with van der Waals surface area (Å²) in [6.45, 7) is 11.7. The fourth-order valence-corrected chi connectivity index (χ4v) is 3.35. The zero-order valence-corrected chi connectivity index (χ0v) is 18.7. The molecule has 0 aromatic carbocycles. The Bertz CT molecular complexity index is 827. The topological polar surface area (TPSA) is 66.7 Å². The molecule has 1 unspecified atom stereocenters. The zero-order valence-electron chi connectivity index (χ0n) is 18.7. The van der Waals surface area contributed by atoms with Crippen LogP contribution in [0, 0.1) is 0 Å². The normalized spacial score (nSPS) is 22.0. The second-order valence-electron chi connectivity index (χ2n) is 8.41. The van der Waals surface area contributed by atoms with Gasteiger partial charge in [0.2, 0.25) is 0 Å². The van der Waals surface area contributed by atoms with Crippen molar-refractivity contribution in [2.75, 3.05) is 27.2 Å². The molecular formula is C21H30BFN4O3. The predicted octanol–water partition coefficient (Wildman–Crippen LogP) is 3.54. The molecule has 1 atom stereocenters. The number of nitrogens with zero attached hydrogens (tertiary/aromatic N) is 4. The number of hydrogen-bond acceptors (Lipinski definition) is 5. The van der Waals surface area contributed by atoms with E-state index in [9.17, 15) is 9.18 Å². The Kier molecular flexibility index (Phi) is 7.50. The largest absolute Gasteiger partial charge is 0.467 e. The SMILES string of the molecule is [B]C1=C(F)C/C(=C(\N=C(/N=C)OC)N(C)C2CCN(C(=O)OC(C)(C)C)C2)C=C1C. The number of carbonyl (C=O) groups is 1. The summed E-state index contributed by atoms with van der Waals surface area (Å²) in [6.07, 6.45) is 2.19. The summed E-state index contributed by atoms with van der Waals surface area (Å²) >= 11 is 0. The molecule has 1 amide bonds. The molecule has 1 fully saturated rings. The van der Waals surface area contributed by atoms with Crippen LogP contribution < -0.4 is 0 Å². The number of carbonyl (C=O) groups excluding carboxylic acids is 1. The number of ether oxygens (including phenoxy) is 2. The molecule has 0 N–H and O–H groups in total. The van der Waals surface area contributed by atoms with Crippen LogP contribution in [0.25, 0.3) is 0 Å². The van der Waals surface area contributed by atoms with E-state index in [4.69, 9.17) is 17.3 Å². The second kappa shape index (κ2) is 9.49. The molecule has 2 radical (unpaired) electrons. The number of rotatable bonds is 3. The van der Waals surface area contributed by atoms with Gasteiger partial charge < -0.3 is 19.3 Å². The minimum absolute atomic E-state index is 0.0168. The summed E-state index contributed by atoms with van der Waals surface area (Å²) in [5, 5.41) is 0.